The lowest BCUT2D eigenvalue weighted by Gasteiger charge is -2.14. The van der Waals surface area contributed by atoms with Crippen LogP contribution < -0.4 is 16.0 Å². The fourth-order valence-electron chi connectivity index (χ4n) is 1.72. The summed E-state index contributed by atoms with van der Waals surface area (Å²) >= 11 is 2.63. The molecule has 0 unspecified atom stereocenters. The minimum atomic E-state index is -0.587. The number of nitrogens with zero attached hydrogens (tertiary/aromatic N) is 2. The number of aromatic nitrogens is 2. The Bertz CT molecular complexity index is 662. The Balaban J connectivity index is 2.19. The van der Waals surface area contributed by atoms with E-state index in [1.165, 1.54) is 30.1 Å². The molecule has 7 nitrogen and oxygen atoms in total. The Hall–Kier alpha value is -2.13. The fourth-order valence-corrected chi connectivity index (χ4v) is 3.73. The lowest BCUT2D eigenvalue weighted by atomic mass is 10.1. The molecular weight excluding hydrogens is 334 g/mol. The van der Waals surface area contributed by atoms with E-state index in [0.717, 1.165) is 12.1 Å². The number of carbonyl (C=O) groups excluding carboxylic acids is 2. The molecule has 23 heavy (non-hydrogen) atoms. The van der Waals surface area contributed by atoms with Gasteiger partial charge in [-0.3, -0.25) is 10.1 Å². The fraction of sp³-hybridized carbons (Fsp3) is 0.286. The van der Waals surface area contributed by atoms with Crippen LogP contribution in [0.5, 0.6) is 0 Å². The van der Waals surface area contributed by atoms with Gasteiger partial charge in [0.15, 0.2) is 4.34 Å². The zero-order valence-corrected chi connectivity index (χ0v) is 14.3. The van der Waals surface area contributed by atoms with Crippen molar-refractivity contribution in [2.45, 2.75) is 16.5 Å². The first kappa shape index (κ1) is 17.2. The van der Waals surface area contributed by atoms with Gasteiger partial charge in [0, 0.05) is 13.6 Å². The van der Waals surface area contributed by atoms with Gasteiger partial charge in [0.1, 0.15) is 5.25 Å². The van der Waals surface area contributed by atoms with Crippen LogP contribution in [-0.2, 0) is 4.79 Å². The smallest absolute Gasteiger partial charge is 0.321 e. The van der Waals surface area contributed by atoms with E-state index in [1.54, 1.807) is 0 Å². The SMILES string of the molecule is CCNc1nnc(S[C@H](C(=O)NC(=O)NC)c2ccccc2)s1. The molecule has 2 rings (SSSR count). The van der Waals surface area contributed by atoms with Crippen molar-refractivity contribution in [1.29, 1.82) is 0 Å². The van der Waals surface area contributed by atoms with E-state index in [2.05, 4.69) is 26.1 Å². The van der Waals surface area contributed by atoms with Gasteiger partial charge in [-0.15, -0.1) is 10.2 Å². The summed E-state index contributed by atoms with van der Waals surface area (Å²) in [5, 5.41) is 16.0. The van der Waals surface area contributed by atoms with E-state index < -0.39 is 17.2 Å². The van der Waals surface area contributed by atoms with Crippen molar-refractivity contribution in [2.24, 2.45) is 0 Å². The number of carbonyl (C=O) groups is 2. The van der Waals surface area contributed by atoms with E-state index in [1.807, 2.05) is 37.3 Å². The first-order valence-electron chi connectivity index (χ1n) is 6.95. The molecule has 0 saturated carbocycles. The largest absolute Gasteiger partial charge is 0.360 e. The average Bonchev–Trinajstić information content (AvgIpc) is 3.01. The highest BCUT2D eigenvalue weighted by molar-refractivity contribution is 8.01. The number of hydrogen-bond donors (Lipinski definition) is 3. The molecule has 122 valence electrons. The third-order valence-electron chi connectivity index (χ3n) is 2.76. The monoisotopic (exact) mass is 351 g/mol. The Labute approximate surface area is 142 Å². The van der Waals surface area contributed by atoms with Crippen LogP contribution in [-0.4, -0.2) is 35.7 Å². The number of urea groups is 1. The van der Waals surface area contributed by atoms with Gasteiger partial charge in [0.25, 0.3) is 0 Å². The zero-order chi connectivity index (χ0) is 16.7. The van der Waals surface area contributed by atoms with Crippen LogP contribution in [0.2, 0.25) is 0 Å². The highest BCUT2D eigenvalue weighted by atomic mass is 32.2. The first-order valence-corrected chi connectivity index (χ1v) is 8.65. The van der Waals surface area contributed by atoms with Gasteiger partial charge in [-0.1, -0.05) is 53.4 Å². The highest BCUT2D eigenvalue weighted by Gasteiger charge is 2.25. The molecule has 0 spiro atoms. The quantitative estimate of drug-likeness (QED) is 0.691. The third-order valence-corrected chi connectivity index (χ3v) is 4.98. The second kappa shape index (κ2) is 8.49. The number of imide groups is 1. The normalized spacial score (nSPS) is 11.6. The van der Waals surface area contributed by atoms with E-state index in [9.17, 15) is 9.59 Å². The van der Waals surface area contributed by atoms with Crippen LogP contribution in [0.25, 0.3) is 0 Å². The van der Waals surface area contributed by atoms with Gasteiger partial charge in [-0.25, -0.2) is 4.79 Å². The molecule has 0 saturated heterocycles. The molecule has 1 atom stereocenters. The highest BCUT2D eigenvalue weighted by Crippen LogP contribution is 2.37. The molecular formula is C14H17N5O2S2. The van der Waals surface area contributed by atoms with Gasteiger partial charge >= 0.3 is 6.03 Å². The lowest BCUT2D eigenvalue weighted by Crippen LogP contribution is -2.39. The Morgan fingerprint density at radius 3 is 2.65 bits per heavy atom. The molecule has 3 N–H and O–H groups in total. The van der Waals surface area contributed by atoms with E-state index in [-0.39, 0.29) is 0 Å². The minimum Gasteiger partial charge on any atom is -0.360 e. The molecule has 2 aromatic rings. The lowest BCUT2D eigenvalue weighted by molar-refractivity contribution is -0.119. The van der Waals surface area contributed by atoms with Crippen LogP contribution in [0.4, 0.5) is 9.93 Å². The number of nitrogens with one attached hydrogen (secondary N) is 3. The van der Waals surface area contributed by atoms with Gasteiger partial charge in [-0.05, 0) is 12.5 Å². The molecule has 0 radical (unpaired) electrons. The maximum atomic E-state index is 12.4. The third kappa shape index (κ3) is 4.93. The summed E-state index contributed by atoms with van der Waals surface area (Å²) < 4.78 is 0.654. The average molecular weight is 351 g/mol. The molecule has 3 amide bonds. The predicted octanol–water partition coefficient (Wildman–Crippen LogP) is 2.26. The predicted molar refractivity (Wildman–Crippen MR) is 91.7 cm³/mol. The zero-order valence-electron chi connectivity index (χ0n) is 12.7. The van der Waals surface area contributed by atoms with Crippen LogP contribution >= 0.6 is 23.1 Å². The molecule has 0 aliphatic rings. The summed E-state index contributed by atoms with van der Waals surface area (Å²) in [7, 11) is 1.46. The standard InChI is InChI=1S/C14H17N5O2S2/c1-3-16-13-18-19-14(23-13)22-10(9-7-5-4-6-8-9)11(20)17-12(21)15-2/h4-8,10H,3H2,1-2H3,(H,16,18)(H2,15,17,20,21)/t10-/m0/s1. The van der Waals surface area contributed by atoms with Crippen molar-refractivity contribution in [3.05, 3.63) is 35.9 Å². The summed E-state index contributed by atoms with van der Waals surface area (Å²) in [5.74, 6) is -0.402. The van der Waals surface area contributed by atoms with Crippen LogP contribution in [0.15, 0.2) is 34.7 Å². The number of hydrogen-bond acceptors (Lipinski definition) is 7. The van der Waals surface area contributed by atoms with Crippen molar-refractivity contribution >= 4 is 40.2 Å². The van der Waals surface area contributed by atoms with Crippen molar-refractivity contribution in [3.8, 4) is 0 Å². The first-order chi connectivity index (χ1) is 11.1. The van der Waals surface area contributed by atoms with Gasteiger partial charge in [0.05, 0.1) is 0 Å². The summed E-state index contributed by atoms with van der Waals surface area (Å²) in [6, 6.07) is 8.71. The van der Waals surface area contributed by atoms with Crippen LogP contribution in [0.1, 0.15) is 17.7 Å². The molecule has 9 heteroatoms. The van der Waals surface area contributed by atoms with E-state index in [4.69, 9.17) is 0 Å². The topological polar surface area (TPSA) is 96.0 Å². The van der Waals surface area contributed by atoms with Gasteiger partial charge in [-0.2, -0.15) is 0 Å². The number of rotatable bonds is 6. The maximum absolute atomic E-state index is 12.4. The number of anilines is 1. The van der Waals surface area contributed by atoms with Crippen molar-refractivity contribution < 1.29 is 9.59 Å². The van der Waals surface area contributed by atoms with Crippen molar-refractivity contribution in [2.75, 3.05) is 18.9 Å². The van der Waals surface area contributed by atoms with Crippen molar-refractivity contribution in [3.63, 3.8) is 0 Å². The van der Waals surface area contributed by atoms with Crippen molar-refractivity contribution in [1.82, 2.24) is 20.8 Å². The van der Waals surface area contributed by atoms with Gasteiger partial charge in [0.2, 0.25) is 11.0 Å². The molecule has 1 aromatic heterocycles. The Morgan fingerprint density at radius 1 is 1.26 bits per heavy atom. The summed E-state index contributed by atoms with van der Waals surface area (Å²) in [4.78, 5) is 23.8. The summed E-state index contributed by atoms with van der Waals surface area (Å²) in [5.41, 5.74) is 0.791. The Kier molecular flexibility index (Phi) is 6.36. The molecule has 0 aliphatic heterocycles. The van der Waals surface area contributed by atoms with Gasteiger partial charge < -0.3 is 10.6 Å². The second-order valence-electron chi connectivity index (χ2n) is 4.38. The molecule has 1 heterocycles. The van der Waals surface area contributed by atoms with E-state index >= 15 is 0 Å². The molecule has 0 bridgehead atoms. The molecule has 1 aromatic carbocycles. The van der Waals surface area contributed by atoms with E-state index in [0.29, 0.717) is 9.47 Å². The minimum absolute atomic E-state index is 0.402. The number of thioether (sulfide) groups is 1. The van der Waals surface area contributed by atoms with Crippen LogP contribution in [0.3, 0.4) is 0 Å². The number of benzene rings is 1. The Morgan fingerprint density at radius 2 is 2.00 bits per heavy atom. The summed E-state index contributed by atoms with van der Waals surface area (Å²) in [6.07, 6.45) is 0. The molecule has 0 aliphatic carbocycles. The maximum Gasteiger partial charge on any atom is 0.321 e. The van der Waals surface area contributed by atoms with Crippen LogP contribution in [0, 0.1) is 0 Å². The number of amides is 3. The summed E-state index contributed by atoms with van der Waals surface area (Å²) in [6.45, 7) is 2.72. The second-order valence-corrected chi connectivity index (χ2v) is 6.71. The molecule has 0 fully saturated rings.